The smallest absolute Gasteiger partial charge is 0.216 e. The first-order valence-electron chi connectivity index (χ1n) is 14.1. The highest BCUT2D eigenvalue weighted by atomic mass is 16.3. The first-order valence-corrected chi connectivity index (χ1v) is 14.1. The van der Waals surface area contributed by atoms with Crippen molar-refractivity contribution in [2.45, 2.75) is 51.9 Å². The van der Waals surface area contributed by atoms with Gasteiger partial charge in [0.2, 0.25) is 5.69 Å². The Bertz CT molecular complexity index is 1750. The van der Waals surface area contributed by atoms with Crippen molar-refractivity contribution in [1.82, 2.24) is 0 Å². The summed E-state index contributed by atoms with van der Waals surface area (Å²) in [6.45, 7) is 2.14. The quantitative estimate of drug-likeness (QED) is 0.236. The van der Waals surface area contributed by atoms with E-state index >= 15 is 0 Å². The predicted molar refractivity (Wildman–Crippen MR) is 153 cm³/mol. The van der Waals surface area contributed by atoms with Gasteiger partial charge in [0.1, 0.15) is 18.2 Å². The molecule has 2 aromatic heterocycles. The van der Waals surface area contributed by atoms with E-state index in [1.54, 1.807) is 0 Å². The molecule has 7 rings (SSSR count). The third-order valence-corrected chi connectivity index (χ3v) is 9.28. The van der Waals surface area contributed by atoms with Crippen molar-refractivity contribution in [2.24, 2.45) is 18.9 Å². The summed E-state index contributed by atoms with van der Waals surface area (Å²) in [6.07, 6.45) is 11.4. The van der Waals surface area contributed by atoms with Crippen molar-refractivity contribution in [2.75, 3.05) is 0 Å². The lowest BCUT2D eigenvalue weighted by molar-refractivity contribution is -0.660. The first-order chi connectivity index (χ1) is 18.6. The van der Waals surface area contributed by atoms with Gasteiger partial charge in [-0.25, -0.2) is 4.57 Å². The van der Waals surface area contributed by atoms with E-state index in [0.29, 0.717) is 5.56 Å². The van der Waals surface area contributed by atoms with Crippen molar-refractivity contribution >= 4 is 21.9 Å². The Morgan fingerprint density at radius 3 is 2.42 bits per heavy atom. The molecular formula is C35H33N2O+. The maximum atomic E-state index is 10.1. The molecule has 2 heterocycles. The van der Waals surface area contributed by atoms with Gasteiger partial charge >= 0.3 is 0 Å². The highest BCUT2D eigenvalue weighted by Gasteiger charge is 2.29. The second-order valence-electron chi connectivity index (χ2n) is 11.4. The SMILES string of the molecule is Cc1ccc2c(oc3c(-c4ccc5c(c4)CCC(C4CCCC4)C5)c(C#N)ccc32)c1-c1cccc[n+]1C. The van der Waals surface area contributed by atoms with E-state index < -0.39 is 0 Å². The minimum absolute atomic E-state index is 0.666. The van der Waals surface area contributed by atoms with Gasteiger partial charge in [-0.05, 0) is 78.5 Å². The maximum absolute atomic E-state index is 10.1. The second kappa shape index (κ2) is 9.14. The number of benzene rings is 3. The Morgan fingerprint density at radius 2 is 1.63 bits per heavy atom. The van der Waals surface area contributed by atoms with Crippen LogP contribution in [0.1, 0.15) is 54.4 Å². The van der Waals surface area contributed by atoms with Crippen LogP contribution in [0.2, 0.25) is 0 Å². The average molecular weight is 498 g/mol. The summed E-state index contributed by atoms with van der Waals surface area (Å²) in [5.41, 5.74) is 10.7. The van der Waals surface area contributed by atoms with Crippen molar-refractivity contribution < 1.29 is 8.98 Å². The summed E-state index contributed by atoms with van der Waals surface area (Å²) in [4.78, 5) is 0. The lowest BCUT2D eigenvalue weighted by atomic mass is 9.76. The molecule has 3 heteroatoms. The van der Waals surface area contributed by atoms with Gasteiger partial charge in [0, 0.05) is 28.5 Å². The van der Waals surface area contributed by atoms with Gasteiger partial charge in [0.15, 0.2) is 6.20 Å². The third kappa shape index (κ3) is 3.66. The molecule has 2 aliphatic rings. The van der Waals surface area contributed by atoms with Gasteiger partial charge in [-0.3, -0.25) is 0 Å². The van der Waals surface area contributed by atoms with Gasteiger partial charge in [-0.1, -0.05) is 56.0 Å². The van der Waals surface area contributed by atoms with E-state index in [2.05, 4.69) is 79.3 Å². The van der Waals surface area contributed by atoms with Crippen LogP contribution in [0.5, 0.6) is 0 Å². The standard InChI is InChI=1S/C35H33N2O/c1-22-10-16-29-30-17-15-28(21-36)33(35(30)38-34(29)32(22)31-9-5-6-18-37(31)2)27-14-13-25-19-24(11-12-26(25)20-27)23-7-3-4-8-23/h5-6,9-10,13-18,20,23-24H,3-4,7-8,11-12,19H2,1-2H3/q+1. The number of rotatable bonds is 3. The van der Waals surface area contributed by atoms with Gasteiger partial charge in [-0.15, -0.1) is 0 Å². The number of aryl methyl sites for hydroxylation is 3. The minimum atomic E-state index is 0.666. The van der Waals surface area contributed by atoms with Crippen LogP contribution in [0.3, 0.4) is 0 Å². The Morgan fingerprint density at radius 1 is 0.842 bits per heavy atom. The molecule has 2 aliphatic carbocycles. The molecule has 1 fully saturated rings. The molecule has 0 amide bonds. The van der Waals surface area contributed by atoms with Crippen molar-refractivity contribution in [3.8, 4) is 28.5 Å². The third-order valence-electron chi connectivity index (χ3n) is 9.28. The van der Waals surface area contributed by atoms with Crippen LogP contribution in [0.15, 0.2) is 71.3 Å². The normalized spacial score (nSPS) is 17.7. The highest BCUT2D eigenvalue weighted by molar-refractivity contribution is 6.14. The van der Waals surface area contributed by atoms with E-state index in [0.717, 1.165) is 62.6 Å². The maximum Gasteiger partial charge on any atom is 0.216 e. The number of fused-ring (bicyclic) bond motifs is 4. The number of hydrogen-bond donors (Lipinski definition) is 0. The zero-order valence-electron chi connectivity index (χ0n) is 22.3. The first kappa shape index (κ1) is 23.2. The molecule has 0 spiro atoms. The zero-order chi connectivity index (χ0) is 25.8. The average Bonchev–Trinajstić information content (AvgIpc) is 3.61. The summed E-state index contributed by atoms with van der Waals surface area (Å²) in [6, 6.07) is 24.0. The molecule has 38 heavy (non-hydrogen) atoms. The molecule has 5 aromatic rings. The van der Waals surface area contributed by atoms with Gasteiger partial charge < -0.3 is 4.42 Å². The van der Waals surface area contributed by atoms with Crippen LogP contribution in [0.25, 0.3) is 44.3 Å². The molecule has 0 saturated heterocycles. The van der Waals surface area contributed by atoms with Gasteiger partial charge in [0.25, 0.3) is 0 Å². The molecule has 0 bridgehead atoms. The summed E-state index contributed by atoms with van der Waals surface area (Å²) in [7, 11) is 2.07. The van der Waals surface area contributed by atoms with E-state index in [1.165, 1.54) is 55.2 Å². The van der Waals surface area contributed by atoms with E-state index in [-0.39, 0.29) is 0 Å². The molecule has 1 saturated carbocycles. The molecule has 1 atom stereocenters. The fraction of sp³-hybridized carbons (Fsp3) is 0.314. The molecule has 0 N–H and O–H groups in total. The number of furan rings is 1. The molecule has 1 unspecified atom stereocenters. The number of aromatic nitrogens is 1. The van der Waals surface area contributed by atoms with Gasteiger partial charge in [0.05, 0.1) is 17.2 Å². The Hall–Kier alpha value is -3.90. The van der Waals surface area contributed by atoms with Crippen LogP contribution in [0, 0.1) is 30.1 Å². The lowest BCUT2D eigenvalue weighted by Gasteiger charge is -2.29. The molecule has 188 valence electrons. The predicted octanol–water partition coefficient (Wildman–Crippen LogP) is 8.22. The summed E-state index contributed by atoms with van der Waals surface area (Å²) in [5.74, 6) is 1.76. The Labute approximate surface area is 224 Å². The number of hydrogen-bond acceptors (Lipinski definition) is 2. The summed E-state index contributed by atoms with van der Waals surface area (Å²) in [5, 5.41) is 12.3. The van der Waals surface area contributed by atoms with Crippen molar-refractivity contribution in [1.29, 1.82) is 5.26 Å². The highest BCUT2D eigenvalue weighted by Crippen LogP contribution is 2.44. The van der Waals surface area contributed by atoms with Crippen LogP contribution >= 0.6 is 0 Å². The molecule has 3 aromatic carbocycles. The van der Waals surface area contributed by atoms with Crippen molar-refractivity contribution in [3.05, 3.63) is 89.1 Å². The monoisotopic (exact) mass is 497 g/mol. The van der Waals surface area contributed by atoms with Crippen LogP contribution in [-0.4, -0.2) is 0 Å². The summed E-state index contributed by atoms with van der Waals surface area (Å²) >= 11 is 0. The van der Waals surface area contributed by atoms with E-state index in [9.17, 15) is 5.26 Å². The molecule has 3 nitrogen and oxygen atoms in total. The molecule has 0 radical (unpaired) electrons. The second-order valence-corrected chi connectivity index (χ2v) is 11.4. The van der Waals surface area contributed by atoms with Crippen molar-refractivity contribution in [3.63, 3.8) is 0 Å². The molecule has 0 aliphatic heterocycles. The van der Waals surface area contributed by atoms with E-state index in [4.69, 9.17) is 4.42 Å². The zero-order valence-corrected chi connectivity index (χ0v) is 22.3. The fourth-order valence-electron chi connectivity index (χ4n) is 7.25. The van der Waals surface area contributed by atoms with E-state index in [1.807, 2.05) is 12.1 Å². The largest absolute Gasteiger partial charge is 0.454 e. The number of pyridine rings is 1. The number of nitrogens with zero attached hydrogens (tertiary/aromatic N) is 2. The number of nitriles is 1. The van der Waals surface area contributed by atoms with Crippen LogP contribution in [-0.2, 0) is 19.9 Å². The summed E-state index contributed by atoms with van der Waals surface area (Å²) < 4.78 is 8.90. The fourth-order valence-corrected chi connectivity index (χ4v) is 7.25. The van der Waals surface area contributed by atoms with Gasteiger partial charge in [-0.2, -0.15) is 5.26 Å². The van der Waals surface area contributed by atoms with Crippen LogP contribution in [0.4, 0.5) is 0 Å². The lowest BCUT2D eigenvalue weighted by Crippen LogP contribution is -2.30. The van der Waals surface area contributed by atoms with Crippen LogP contribution < -0.4 is 4.57 Å². The topological polar surface area (TPSA) is 40.8 Å². The Balaban J connectivity index is 1.39. The minimum Gasteiger partial charge on any atom is -0.454 e. The molecular weight excluding hydrogens is 464 g/mol. The Kier molecular flexibility index (Phi) is 5.59.